The molecule has 1 aliphatic heterocycles. The Morgan fingerprint density at radius 3 is 2.88 bits per heavy atom. The van der Waals surface area contributed by atoms with E-state index < -0.39 is 6.04 Å². The van der Waals surface area contributed by atoms with Gasteiger partial charge in [-0.25, -0.2) is 4.39 Å². The minimum Gasteiger partial charge on any atom is -0.344 e. The topological polar surface area (TPSA) is 107 Å². The molecular formula is C16H15FN6O2. The van der Waals surface area contributed by atoms with Crippen LogP contribution in [0.1, 0.15) is 12.0 Å². The third-order valence-corrected chi connectivity index (χ3v) is 4.21. The number of hydrogen-bond acceptors (Lipinski definition) is 5. The van der Waals surface area contributed by atoms with Gasteiger partial charge in [-0.15, -0.1) is 0 Å². The smallest absolute Gasteiger partial charge is 0.263 e. The van der Waals surface area contributed by atoms with Gasteiger partial charge in [0.2, 0.25) is 11.9 Å². The molecule has 128 valence electrons. The molecule has 1 atom stereocenters. The van der Waals surface area contributed by atoms with Crippen molar-refractivity contribution >= 4 is 22.9 Å². The number of aromatic nitrogens is 4. The number of benzene rings is 1. The van der Waals surface area contributed by atoms with Gasteiger partial charge in [-0.05, 0) is 24.1 Å². The van der Waals surface area contributed by atoms with Crippen molar-refractivity contribution in [3.8, 4) is 0 Å². The number of halogens is 1. The van der Waals surface area contributed by atoms with Gasteiger partial charge in [-0.3, -0.25) is 19.7 Å². The van der Waals surface area contributed by atoms with Crippen molar-refractivity contribution < 1.29 is 9.18 Å². The lowest BCUT2D eigenvalue weighted by atomic mass is 10.2. The van der Waals surface area contributed by atoms with Gasteiger partial charge in [-0.1, -0.05) is 12.1 Å². The highest BCUT2D eigenvalue weighted by atomic mass is 19.1. The molecule has 2 aromatic heterocycles. The molecule has 9 heteroatoms. The summed E-state index contributed by atoms with van der Waals surface area (Å²) in [5.41, 5.74) is 0.899. The predicted molar refractivity (Wildman–Crippen MR) is 88.4 cm³/mol. The number of carbonyl (C=O) groups is 1. The second-order valence-electron chi connectivity index (χ2n) is 5.92. The van der Waals surface area contributed by atoms with Crippen molar-refractivity contribution in [3.05, 3.63) is 52.2 Å². The summed E-state index contributed by atoms with van der Waals surface area (Å²) in [7, 11) is 0. The van der Waals surface area contributed by atoms with Crippen LogP contribution in [-0.2, 0) is 11.3 Å². The third-order valence-electron chi connectivity index (χ3n) is 4.21. The minimum absolute atomic E-state index is 0.0864. The molecule has 8 nitrogen and oxygen atoms in total. The molecular weight excluding hydrogens is 327 g/mol. The molecule has 0 spiro atoms. The van der Waals surface area contributed by atoms with Gasteiger partial charge in [0.25, 0.3) is 5.56 Å². The third kappa shape index (κ3) is 2.95. The molecule has 1 amide bonds. The molecule has 0 radical (unpaired) electrons. The van der Waals surface area contributed by atoms with Crippen molar-refractivity contribution in [3.63, 3.8) is 0 Å². The molecule has 3 aromatic rings. The van der Waals surface area contributed by atoms with E-state index in [0.717, 1.165) is 5.56 Å². The standard InChI is InChI=1S/C16H15FN6O2/c17-10-3-1-9(2-4-10)8-23-6-5-12(15(23)25)19-16-20-13-11(7-18-22-13)14(24)21-16/h1-4,7,12H,5-6,8H2,(H3,18,19,20,21,22,24). The van der Waals surface area contributed by atoms with Crippen LogP contribution in [-0.4, -0.2) is 43.6 Å². The van der Waals surface area contributed by atoms with E-state index in [2.05, 4.69) is 25.5 Å². The van der Waals surface area contributed by atoms with E-state index in [-0.39, 0.29) is 23.2 Å². The summed E-state index contributed by atoms with van der Waals surface area (Å²) in [6, 6.07) is 5.60. The van der Waals surface area contributed by atoms with Crippen LogP contribution in [0, 0.1) is 5.82 Å². The zero-order chi connectivity index (χ0) is 17.4. The van der Waals surface area contributed by atoms with E-state index in [0.29, 0.717) is 30.5 Å². The van der Waals surface area contributed by atoms with Gasteiger partial charge >= 0.3 is 0 Å². The van der Waals surface area contributed by atoms with Crippen LogP contribution in [0.4, 0.5) is 10.3 Å². The Morgan fingerprint density at radius 1 is 1.28 bits per heavy atom. The maximum absolute atomic E-state index is 13.0. The number of likely N-dealkylation sites (tertiary alicyclic amines) is 1. The van der Waals surface area contributed by atoms with Crippen molar-refractivity contribution in [2.75, 3.05) is 11.9 Å². The molecule has 1 unspecified atom stereocenters. The fraction of sp³-hybridized carbons (Fsp3) is 0.250. The fourth-order valence-corrected chi connectivity index (χ4v) is 2.92. The molecule has 1 aromatic carbocycles. The van der Waals surface area contributed by atoms with E-state index in [1.54, 1.807) is 17.0 Å². The highest BCUT2D eigenvalue weighted by Gasteiger charge is 2.32. The number of rotatable bonds is 4. The zero-order valence-corrected chi connectivity index (χ0v) is 13.1. The van der Waals surface area contributed by atoms with Gasteiger partial charge < -0.3 is 10.2 Å². The number of nitrogens with zero attached hydrogens (tertiary/aromatic N) is 3. The van der Waals surface area contributed by atoms with E-state index in [4.69, 9.17) is 0 Å². The average molecular weight is 342 g/mol. The number of hydrogen-bond donors (Lipinski definition) is 3. The molecule has 3 heterocycles. The number of nitrogens with one attached hydrogen (secondary N) is 3. The van der Waals surface area contributed by atoms with Crippen molar-refractivity contribution in [1.82, 2.24) is 25.1 Å². The SMILES string of the molecule is O=C1C(Nc2nc3[nH]ncc3c(=O)[nH]2)CCN1Cc1ccc(F)cc1. The Kier molecular flexibility index (Phi) is 3.68. The maximum atomic E-state index is 13.0. The summed E-state index contributed by atoms with van der Waals surface area (Å²) < 4.78 is 13.0. The second-order valence-corrected chi connectivity index (χ2v) is 5.92. The Morgan fingerprint density at radius 2 is 2.08 bits per heavy atom. The lowest BCUT2D eigenvalue weighted by molar-refractivity contribution is -0.128. The van der Waals surface area contributed by atoms with Crippen LogP contribution < -0.4 is 10.9 Å². The summed E-state index contributed by atoms with van der Waals surface area (Å²) >= 11 is 0. The minimum atomic E-state index is -0.469. The number of aromatic amines is 2. The first-order valence-electron chi connectivity index (χ1n) is 7.83. The van der Waals surface area contributed by atoms with E-state index in [1.807, 2.05) is 0 Å². The predicted octanol–water partition coefficient (Wildman–Crippen LogP) is 0.998. The lowest BCUT2D eigenvalue weighted by Gasteiger charge is -2.17. The second kappa shape index (κ2) is 6.00. The lowest BCUT2D eigenvalue weighted by Crippen LogP contribution is -2.34. The quantitative estimate of drug-likeness (QED) is 0.656. The molecule has 1 aliphatic rings. The Bertz CT molecular complexity index is 980. The molecule has 4 rings (SSSR count). The fourth-order valence-electron chi connectivity index (χ4n) is 2.92. The van der Waals surface area contributed by atoms with E-state index in [9.17, 15) is 14.0 Å². The highest BCUT2D eigenvalue weighted by molar-refractivity contribution is 5.86. The summed E-state index contributed by atoms with van der Waals surface area (Å²) in [5.74, 6) is -0.166. The number of H-pyrrole nitrogens is 2. The Balaban J connectivity index is 1.47. The molecule has 3 N–H and O–H groups in total. The first kappa shape index (κ1) is 15.3. The molecule has 1 saturated heterocycles. The van der Waals surface area contributed by atoms with Gasteiger partial charge in [0.05, 0.1) is 6.20 Å². The van der Waals surface area contributed by atoms with Crippen molar-refractivity contribution in [2.24, 2.45) is 0 Å². The van der Waals surface area contributed by atoms with Gasteiger partial charge in [0, 0.05) is 13.1 Å². The van der Waals surface area contributed by atoms with Crippen LogP contribution in [0.2, 0.25) is 0 Å². The highest BCUT2D eigenvalue weighted by Crippen LogP contribution is 2.18. The summed E-state index contributed by atoms with van der Waals surface area (Å²) in [4.78, 5) is 33.0. The molecule has 0 bridgehead atoms. The van der Waals surface area contributed by atoms with Crippen LogP contribution in [0.15, 0.2) is 35.3 Å². The monoisotopic (exact) mass is 342 g/mol. The molecule has 1 fully saturated rings. The number of amides is 1. The van der Waals surface area contributed by atoms with Gasteiger partial charge in [0.15, 0.2) is 5.65 Å². The van der Waals surface area contributed by atoms with Crippen LogP contribution in [0.5, 0.6) is 0 Å². The summed E-state index contributed by atoms with van der Waals surface area (Å²) in [5, 5.41) is 9.75. The average Bonchev–Trinajstić information content (AvgIpc) is 3.19. The molecule has 0 aliphatic carbocycles. The Hall–Kier alpha value is -3.23. The van der Waals surface area contributed by atoms with Crippen LogP contribution >= 0.6 is 0 Å². The van der Waals surface area contributed by atoms with E-state index in [1.165, 1.54) is 18.3 Å². The largest absolute Gasteiger partial charge is 0.344 e. The maximum Gasteiger partial charge on any atom is 0.263 e. The first-order valence-corrected chi connectivity index (χ1v) is 7.83. The van der Waals surface area contributed by atoms with Crippen LogP contribution in [0.3, 0.4) is 0 Å². The summed E-state index contributed by atoms with van der Waals surface area (Å²) in [6.07, 6.45) is 1.99. The van der Waals surface area contributed by atoms with Crippen LogP contribution in [0.25, 0.3) is 11.0 Å². The van der Waals surface area contributed by atoms with Gasteiger partial charge in [0.1, 0.15) is 17.2 Å². The summed E-state index contributed by atoms with van der Waals surface area (Å²) in [6.45, 7) is 0.991. The number of anilines is 1. The Labute approximate surface area is 141 Å². The molecule has 25 heavy (non-hydrogen) atoms. The normalized spacial score (nSPS) is 17.4. The van der Waals surface area contributed by atoms with E-state index >= 15 is 0 Å². The first-order chi connectivity index (χ1) is 12.1. The number of carbonyl (C=O) groups excluding carboxylic acids is 1. The number of fused-ring (bicyclic) bond motifs is 1. The zero-order valence-electron chi connectivity index (χ0n) is 13.1. The van der Waals surface area contributed by atoms with Crippen molar-refractivity contribution in [2.45, 2.75) is 19.0 Å². The molecule has 0 saturated carbocycles. The van der Waals surface area contributed by atoms with Gasteiger partial charge in [-0.2, -0.15) is 10.1 Å². The van der Waals surface area contributed by atoms with Crippen molar-refractivity contribution in [1.29, 1.82) is 0 Å².